The molecule has 0 bridgehead atoms. The zero-order valence-corrected chi connectivity index (χ0v) is 13.2. The molecule has 1 aromatic carbocycles. The number of unbranched alkanes of at least 4 members (excludes halogenated alkanes) is 2. The number of nitrogens with zero attached hydrogens (tertiary/aromatic N) is 2. The van der Waals surface area contributed by atoms with Crippen LogP contribution in [-0.4, -0.2) is 9.55 Å². The van der Waals surface area contributed by atoms with Crippen molar-refractivity contribution in [2.75, 3.05) is 0 Å². The van der Waals surface area contributed by atoms with Crippen LogP contribution in [0.15, 0.2) is 40.8 Å². The molecule has 114 valence electrons. The topological polar surface area (TPSA) is 34.9 Å². The average Bonchev–Trinajstić information content (AvgIpc) is 3.04. The summed E-state index contributed by atoms with van der Waals surface area (Å²) < 4.78 is 16.0. The molecule has 0 spiro atoms. The van der Waals surface area contributed by atoms with Crippen LogP contribution in [0.1, 0.15) is 26.2 Å². The van der Waals surface area contributed by atoms with E-state index in [1.807, 2.05) is 11.4 Å². The van der Waals surface area contributed by atoms with Crippen LogP contribution in [0.2, 0.25) is 0 Å². The summed E-state index contributed by atoms with van der Waals surface area (Å²) in [5.41, 5.74) is 0.323. The highest BCUT2D eigenvalue weighted by Crippen LogP contribution is 2.28. The molecule has 0 saturated heterocycles. The molecule has 0 saturated carbocycles. The first-order valence-corrected chi connectivity index (χ1v) is 8.31. The van der Waals surface area contributed by atoms with Gasteiger partial charge in [0.05, 0.1) is 5.39 Å². The second-order valence-electron chi connectivity index (χ2n) is 5.28. The van der Waals surface area contributed by atoms with E-state index in [1.165, 1.54) is 17.4 Å². The summed E-state index contributed by atoms with van der Waals surface area (Å²) in [6.07, 6.45) is 6.59. The third-order valence-corrected chi connectivity index (χ3v) is 4.54. The molecular formula is C17H17FN2OS. The Morgan fingerprint density at radius 1 is 1.32 bits per heavy atom. The van der Waals surface area contributed by atoms with Gasteiger partial charge in [-0.2, -0.15) is 0 Å². The first-order chi connectivity index (χ1) is 10.7. The molecule has 0 aliphatic heterocycles. The van der Waals surface area contributed by atoms with Crippen molar-refractivity contribution in [3.8, 4) is 10.6 Å². The number of thiazole rings is 1. The normalized spacial score (nSPS) is 11.2. The fourth-order valence-corrected chi connectivity index (χ4v) is 3.19. The van der Waals surface area contributed by atoms with E-state index in [2.05, 4.69) is 11.9 Å². The highest BCUT2D eigenvalue weighted by atomic mass is 32.1. The Kier molecular flexibility index (Phi) is 4.34. The molecule has 2 heterocycles. The number of aromatic nitrogens is 2. The van der Waals surface area contributed by atoms with Gasteiger partial charge in [-0.05, 0) is 30.0 Å². The van der Waals surface area contributed by atoms with Gasteiger partial charge in [-0.25, -0.2) is 9.37 Å². The number of rotatable bonds is 5. The van der Waals surface area contributed by atoms with Crippen LogP contribution in [-0.2, 0) is 6.54 Å². The van der Waals surface area contributed by atoms with Gasteiger partial charge in [0.25, 0.3) is 5.56 Å². The van der Waals surface area contributed by atoms with Crippen LogP contribution >= 0.6 is 11.3 Å². The summed E-state index contributed by atoms with van der Waals surface area (Å²) in [5, 5.41) is 3.62. The number of benzene rings is 1. The molecule has 3 nitrogen and oxygen atoms in total. The summed E-state index contributed by atoms with van der Waals surface area (Å²) in [4.78, 5) is 16.6. The molecule has 0 N–H and O–H groups in total. The summed E-state index contributed by atoms with van der Waals surface area (Å²) in [6.45, 7) is 2.80. The molecule has 0 atom stereocenters. The monoisotopic (exact) mass is 316 g/mol. The van der Waals surface area contributed by atoms with Crippen molar-refractivity contribution in [3.05, 3.63) is 52.1 Å². The SMILES string of the molecule is CCCCCn1ccc2cc(-c3nccs3)c(F)cc2c1=O. The van der Waals surface area contributed by atoms with Crippen LogP contribution in [0.3, 0.4) is 0 Å². The van der Waals surface area contributed by atoms with Gasteiger partial charge in [-0.15, -0.1) is 11.3 Å². The van der Waals surface area contributed by atoms with Gasteiger partial charge in [0.15, 0.2) is 0 Å². The lowest BCUT2D eigenvalue weighted by molar-refractivity contribution is 0.590. The minimum absolute atomic E-state index is 0.127. The predicted octanol–water partition coefficient (Wildman–Crippen LogP) is 4.45. The van der Waals surface area contributed by atoms with Crippen LogP contribution in [0.5, 0.6) is 0 Å². The van der Waals surface area contributed by atoms with E-state index in [1.54, 1.807) is 23.0 Å². The number of hydrogen-bond acceptors (Lipinski definition) is 3. The Bertz CT molecular complexity index is 840. The Labute approximate surface area is 132 Å². The second kappa shape index (κ2) is 6.40. The molecule has 2 aromatic heterocycles. The number of halogens is 1. The van der Waals surface area contributed by atoms with Gasteiger partial charge < -0.3 is 4.57 Å². The van der Waals surface area contributed by atoms with Crippen molar-refractivity contribution in [2.24, 2.45) is 0 Å². The van der Waals surface area contributed by atoms with Gasteiger partial charge >= 0.3 is 0 Å². The van der Waals surface area contributed by atoms with Gasteiger partial charge in [-0.1, -0.05) is 19.8 Å². The summed E-state index contributed by atoms with van der Waals surface area (Å²) >= 11 is 1.39. The second-order valence-corrected chi connectivity index (χ2v) is 6.17. The molecular weight excluding hydrogens is 299 g/mol. The Hall–Kier alpha value is -2.01. The number of hydrogen-bond donors (Lipinski definition) is 0. The summed E-state index contributed by atoms with van der Waals surface area (Å²) in [5.74, 6) is -0.397. The highest BCUT2D eigenvalue weighted by Gasteiger charge is 2.12. The maximum atomic E-state index is 14.3. The first kappa shape index (κ1) is 14.9. The van der Waals surface area contributed by atoms with Crippen molar-refractivity contribution in [1.29, 1.82) is 0 Å². The summed E-state index contributed by atoms with van der Waals surface area (Å²) in [7, 11) is 0. The predicted molar refractivity (Wildman–Crippen MR) is 88.8 cm³/mol. The fraction of sp³-hybridized carbons (Fsp3) is 0.294. The summed E-state index contributed by atoms with van der Waals surface area (Å²) in [6, 6.07) is 4.92. The third kappa shape index (κ3) is 2.81. The molecule has 3 rings (SSSR count). The Morgan fingerprint density at radius 2 is 2.18 bits per heavy atom. The maximum absolute atomic E-state index is 14.3. The Balaban J connectivity index is 2.05. The van der Waals surface area contributed by atoms with Crippen molar-refractivity contribution >= 4 is 22.1 Å². The van der Waals surface area contributed by atoms with Crippen molar-refractivity contribution in [1.82, 2.24) is 9.55 Å². The zero-order chi connectivity index (χ0) is 15.5. The average molecular weight is 316 g/mol. The molecule has 5 heteroatoms. The minimum atomic E-state index is -0.397. The fourth-order valence-electron chi connectivity index (χ4n) is 2.53. The van der Waals surface area contributed by atoms with Crippen LogP contribution in [0, 0.1) is 5.82 Å². The van der Waals surface area contributed by atoms with E-state index in [0.717, 1.165) is 24.6 Å². The third-order valence-electron chi connectivity index (χ3n) is 3.73. The smallest absolute Gasteiger partial charge is 0.258 e. The Morgan fingerprint density at radius 3 is 2.91 bits per heavy atom. The molecule has 0 aliphatic rings. The minimum Gasteiger partial charge on any atom is -0.315 e. The molecule has 0 aliphatic carbocycles. The van der Waals surface area contributed by atoms with Crippen molar-refractivity contribution < 1.29 is 4.39 Å². The van der Waals surface area contributed by atoms with Crippen molar-refractivity contribution in [3.63, 3.8) is 0 Å². The number of pyridine rings is 1. The number of fused-ring (bicyclic) bond motifs is 1. The lowest BCUT2D eigenvalue weighted by Crippen LogP contribution is -2.19. The number of aryl methyl sites for hydroxylation is 1. The van der Waals surface area contributed by atoms with Gasteiger partial charge in [-0.3, -0.25) is 4.79 Å². The van der Waals surface area contributed by atoms with E-state index >= 15 is 0 Å². The molecule has 3 aromatic rings. The lowest BCUT2D eigenvalue weighted by atomic mass is 10.1. The van der Waals surface area contributed by atoms with Crippen LogP contribution in [0.25, 0.3) is 21.3 Å². The van der Waals surface area contributed by atoms with E-state index in [0.29, 0.717) is 22.5 Å². The molecule has 0 radical (unpaired) electrons. The van der Waals surface area contributed by atoms with E-state index in [9.17, 15) is 9.18 Å². The largest absolute Gasteiger partial charge is 0.315 e. The first-order valence-electron chi connectivity index (χ1n) is 7.43. The van der Waals surface area contributed by atoms with E-state index in [-0.39, 0.29) is 5.56 Å². The molecule has 0 fully saturated rings. The van der Waals surface area contributed by atoms with Gasteiger partial charge in [0, 0.05) is 29.9 Å². The molecule has 0 amide bonds. The van der Waals surface area contributed by atoms with Crippen molar-refractivity contribution in [2.45, 2.75) is 32.7 Å². The standard InChI is InChI=1S/C17H17FN2OS/c1-2-3-4-7-20-8-5-12-10-14(16-19-6-9-22-16)15(18)11-13(12)17(20)21/h5-6,8-11H,2-4,7H2,1H3. The molecule has 0 unspecified atom stereocenters. The zero-order valence-electron chi connectivity index (χ0n) is 12.4. The maximum Gasteiger partial charge on any atom is 0.258 e. The van der Waals surface area contributed by atoms with E-state index in [4.69, 9.17) is 0 Å². The lowest BCUT2D eigenvalue weighted by Gasteiger charge is -2.08. The van der Waals surface area contributed by atoms with Crippen LogP contribution < -0.4 is 5.56 Å². The van der Waals surface area contributed by atoms with E-state index < -0.39 is 5.82 Å². The van der Waals surface area contributed by atoms with Crippen LogP contribution in [0.4, 0.5) is 4.39 Å². The van der Waals surface area contributed by atoms with Gasteiger partial charge in [0.1, 0.15) is 10.8 Å². The van der Waals surface area contributed by atoms with Gasteiger partial charge in [0.2, 0.25) is 0 Å². The molecule has 22 heavy (non-hydrogen) atoms. The highest BCUT2D eigenvalue weighted by molar-refractivity contribution is 7.13. The quantitative estimate of drug-likeness (QED) is 0.652.